The van der Waals surface area contributed by atoms with E-state index in [0.29, 0.717) is 12.2 Å². The van der Waals surface area contributed by atoms with Crippen LogP contribution in [0, 0.1) is 0 Å². The van der Waals surface area contributed by atoms with Crippen LogP contribution >= 0.6 is 11.6 Å². The Balaban J connectivity index is 1.88. The van der Waals surface area contributed by atoms with E-state index >= 15 is 0 Å². The Morgan fingerprint density at radius 1 is 1.21 bits per heavy atom. The summed E-state index contributed by atoms with van der Waals surface area (Å²) in [6.07, 6.45) is 0.101. The molecule has 3 rings (SSSR count). The highest BCUT2D eigenvalue weighted by Gasteiger charge is 2.35. The summed E-state index contributed by atoms with van der Waals surface area (Å²) in [5.74, 6) is -0.688. The fourth-order valence-electron chi connectivity index (χ4n) is 3.78. The maximum atomic E-state index is 12.7. The molecule has 2 heterocycles. The van der Waals surface area contributed by atoms with E-state index in [4.69, 9.17) is 21.1 Å². The molecule has 7 nitrogen and oxygen atoms in total. The lowest BCUT2D eigenvalue weighted by Gasteiger charge is -2.46. The van der Waals surface area contributed by atoms with Crippen molar-refractivity contribution in [3.05, 3.63) is 51.5 Å². The Bertz CT molecular complexity index is 1040. The minimum absolute atomic E-state index is 0.0567. The molecule has 34 heavy (non-hydrogen) atoms. The van der Waals surface area contributed by atoms with Gasteiger partial charge in [-0.25, -0.2) is 4.79 Å². The average molecular weight is 505 g/mol. The molecule has 0 saturated carbocycles. The third-order valence-corrected chi connectivity index (χ3v) is 5.69. The van der Waals surface area contributed by atoms with Gasteiger partial charge in [0.1, 0.15) is 12.2 Å². The molecule has 0 radical (unpaired) electrons. The van der Waals surface area contributed by atoms with Crippen molar-refractivity contribution in [3.8, 4) is 0 Å². The highest BCUT2D eigenvalue weighted by Crippen LogP contribution is 2.36. The lowest BCUT2D eigenvalue weighted by molar-refractivity contribution is -0.177. The number of nitrogens with zero attached hydrogens (tertiary/aromatic N) is 2. The smallest absolute Gasteiger partial charge is 0.411 e. The zero-order valence-electron chi connectivity index (χ0n) is 19.4. The summed E-state index contributed by atoms with van der Waals surface area (Å²) in [7, 11) is 0. The van der Waals surface area contributed by atoms with Gasteiger partial charge in [-0.3, -0.25) is 9.47 Å². The number of rotatable bonds is 7. The molecule has 1 aliphatic heterocycles. The van der Waals surface area contributed by atoms with Gasteiger partial charge in [-0.15, -0.1) is 11.6 Å². The molecule has 0 spiro atoms. The second-order valence-electron chi connectivity index (χ2n) is 8.95. The predicted octanol–water partition coefficient (Wildman–Crippen LogP) is 3.67. The Morgan fingerprint density at radius 2 is 1.91 bits per heavy atom. The molecule has 2 aliphatic rings. The van der Waals surface area contributed by atoms with Crippen molar-refractivity contribution in [3.63, 3.8) is 0 Å². The van der Waals surface area contributed by atoms with Gasteiger partial charge in [-0.05, 0) is 39.3 Å². The van der Waals surface area contributed by atoms with Crippen molar-refractivity contribution in [2.75, 3.05) is 38.0 Å². The van der Waals surface area contributed by atoms with Crippen molar-refractivity contribution in [2.24, 2.45) is 0 Å². The van der Waals surface area contributed by atoms with E-state index in [1.54, 1.807) is 17.7 Å². The first-order valence-electron chi connectivity index (χ1n) is 10.9. The largest absolute Gasteiger partial charge is 0.462 e. The molecule has 11 heteroatoms. The fourth-order valence-corrected chi connectivity index (χ4v) is 4.06. The van der Waals surface area contributed by atoms with Gasteiger partial charge in [0.15, 0.2) is 5.43 Å². The van der Waals surface area contributed by atoms with Crippen molar-refractivity contribution in [2.45, 2.75) is 50.9 Å². The van der Waals surface area contributed by atoms with E-state index in [1.807, 2.05) is 31.9 Å². The van der Waals surface area contributed by atoms with Crippen LogP contribution in [0.5, 0.6) is 0 Å². The molecule has 0 aromatic carbocycles. The second kappa shape index (κ2) is 10.1. The molecule has 0 saturated heterocycles. The summed E-state index contributed by atoms with van der Waals surface area (Å²) in [6, 6.07) is 1.39. The molecule has 0 N–H and O–H groups in total. The SMILES string of the molecule is CCOC(=O)c1cn2c(cc1=O)C1=CC(Cl)C(OCCOCC(F)(F)F)C=C1CN2C(C)(C)C. The molecule has 0 fully saturated rings. The molecular formula is C23H28ClF3N2O5. The third kappa shape index (κ3) is 6.03. The number of hydrogen-bond donors (Lipinski definition) is 0. The number of esters is 1. The number of hydrogen-bond acceptors (Lipinski definition) is 6. The van der Waals surface area contributed by atoms with E-state index in [-0.39, 0.29) is 30.9 Å². The number of carbonyl (C=O) groups is 1. The number of halogens is 4. The first kappa shape index (κ1) is 26.3. The van der Waals surface area contributed by atoms with Crippen LogP contribution in [0.25, 0.3) is 5.57 Å². The molecule has 0 bridgehead atoms. The molecular weight excluding hydrogens is 477 g/mol. The third-order valence-electron chi connectivity index (χ3n) is 5.31. The standard InChI is InChI=1S/C23H28ClF3N2O5/c1-5-33-21(31)16-12-28-18(10-19(16)30)15-9-17(24)20(34-7-6-32-13-23(25,26)27)8-14(15)11-29(28)22(2,3)4/h8-10,12,17,20H,5-7,11,13H2,1-4H3. The quantitative estimate of drug-likeness (QED) is 0.320. The van der Waals surface area contributed by atoms with Crippen molar-refractivity contribution in [1.82, 2.24) is 4.68 Å². The maximum absolute atomic E-state index is 12.7. The van der Waals surface area contributed by atoms with Gasteiger partial charge < -0.3 is 19.2 Å². The van der Waals surface area contributed by atoms with E-state index < -0.39 is 35.7 Å². The van der Waals surface area contributed by atoms with Crippen LogP contribution in [0.3, 0.4) is 0 Å². The van der Waals surface area contributed by atoms with Crippen LogP contribution in [0.1, 0.15) is 43.7 Å². The highest BCUT2D eigenvalue weighted by atomic mass is 35.5. The molecule has 1 aliphatic carbocycles. The topological polar surface area (TPSA) is 70.0 Å². The van der Waals surface area contributed by atoms with Gasteiger partial charge in [0.2, 0.25) is 0 Å². The minimum atomic E-state index is -4.39. The van der Waals surface area contributed by atoms with Crippen LogP contribution in [0.2, 0.25) is 0 Å². The normalized spacial score (nSPS) is 20.3. The number of aromatic nitrogens is 1. The minimum Gasteiger partial charge on any atom is -0.462 e. The number of carbonyl (C=O) groups excluding carboxylic acids is 1. The van der Waals surface area contributed by atoms with Crippen molar-refractivity contribution >= 4 is 23.1 Å². The molecule has 0 amide bonds. The summed E-state index contributed by atoms with van der Waals surface area (Å²) in [5, 5.41) is 1.38. The summed E-state index contributed by atoms with van der Waals surface area (Å²) in [6.45, 7) is 6.62. The van der Waals surface area contributed by atoms with Gasteiger partial charge in [-0.2, -0.15) is 13.2 Å². The van der Waals surface area contributed by atoms with Crippen LogP contribution < -0.4 is 10.4 Å². The van der Waals surface area contributed by atoms with Crippen LogP contribution in [-0.4, -0.2) is 66.8 Å². The zero-order chi connectivity index (χ0) is 25.3. The van der Waals surface area contributed by atoms with Gasteiger partial charge in [0.05, 0.1) is 43.5 Å². The van der Waals surface area contributed by atoms with Crippen LogP contribution in [0.4, 0.5) is 13.2 Å². The number of pyridine rings is 1. The van der Waals surface area contributed by atoms with Gasteiger partial charge in [0, 0.05) is 23.4 Å². The first-order chi connectivity index (χ1) is 15.8. The molecule has 1 aromatic rings. The van der Waals surface area contributed by atoms with Crippen LogP contribution in [0.15, 0.2) is 34.8 Å². The van der Waals surface area contributed by atoms with E-state index in [1.165, 1.54) is 12.3 Å². The van der Waals surface area contributed by atoms with E-state index in [0.717, 1.165) is 11.1 Å². The van der Waals surface area contributed by atoms with Gasteiger partial charge in [-0.1, -0.05) is 6.08 Å². The molecule has 188 valence electrons. The average Bonchev–Trinajstić information content (AvgIpc) is 2.71. The fraction of sp³-hybridized carbons (Fsp3) is 0.565. The van der Waals surface area contributed by atoms with Gasteiger partial charge >= 0.3 is 12.1 Å². The Hall–Kier alpha value is -2.30. The van der Waals surface area contributed by atoms with Crippen molar-refractivity contribution in [1.29, 1.82) is 0 Å². The molecule has 2 unspecified atom stereocenters. The first-order valence-corrected chi connectivity index (χ1v) is 11.3. The van der Waals surface area contributed by atoms with Crippen LogP contribution in [-0.2, 0) is 14.2 Å². The lowest BCUT2D eigenvalue weighted by atomic mass is 9.90. The Labute approximate surface area is 200 Å². The lowest BCUT2D eigenvalue weighted by Crippen LogP contribution is -2.54. The predicted molar refractivity (Wildman–Crippen MR) is 122 cm³/mol. The summed E-state index contributed by atoms with van der Waals surface area (Å²) in [4.78, 5) is 25.0. The molecule has 1 aromatic heterocycles. The van der Waals surface area contributed by atoms with E-state index in [2.05, 4.69) is 4.74 Å². The zero-order valence-corrected chi connectivity index (χ0v) is 20.2. The Kier molecular flexibility index (Phi) is 7.84. The van der Waals surface area contributed by atoms with E-state index in [9.17, 15) is 22.8 Å². The number of alkyl halides is 4. The highest BCUT2D eigenvalue weighted by molar-refractivity contribution is 6.23. The maximum Gasteiger partial charge on any atom is 0.411 e. The number of fused-ring (bicyclic) bond motifs is 3. The monoisotopic (exact) mass is 504 g/mol. The van der Waals surface area contributed by atoms with Gasteiger partial charge in [0.25, 0.3) is 0 Å². The summed E-state index contributed by atoms with van der Waals surface area (Å²) in [5.41, 5.74) is 1.25. The number of ether oxygens (including phenoxy) is 3. The molecule has 2 atom stereocenters. The Morgan fingerprint density at radius 3 is 2.53 bits per heavy atom. The van der Waals surface area contributed by atoms with Crippen molar-refractivity contribution < 1.29 is 32.2 Å². The summed E-state index contributed by atoms with van der Waals surface area (Å²) >= 11 is 6.50. The summed E-state index contributed by atoms with van der Waals surface area (Å²) < 4.78 is 53.7. The second-order valence-corrected chi connectivity index (χ2v) is 9.45.